The Balaban J connectivity index is 3.60. The first-order chi connectivity index (χ1) is 7.02. The molecule has 15 heavy (non-hydrogen) atoms. The van der Waals surface area contributed by atoms with Gasteiger partial charge in [-0.05, 0) is 31.2 Å². The van der Waals surface area contributed by atoms with Crippen molar-refractivity contribution < 1.29 is 9.53 Å². The van der Waals surface area contributed by atoms with Gasteiger partial charge in [0.05, 0.1) is 0 Å². The van der Waals surface area contributed by atoms with Crippen molar-refractivity contribution in [1.82, 2.24) is 0 Å². The number of carbonyl (C=O) groups excluding carboxylic acids is 1. The molecule has 0 aromatic heterocycles. The second kappa shape index (κ2) is 7.83. The maximum Gasteiger partial charge on any atom is 0.158 e. The van der Waals surface area contributed by atoms with Crippen LogP contribution in [0.1, 0.15) is 46.5 Å². The topological polar surface area (TPSA) is 52.3 Å². The molecule has 90 valence electrons. The van der Waals surface area contributed by atoms with E-state index < -0.39 is 0 Å². The molecule has 0 bridgehead atoms. The molecule has 2 N–H and O–H groups in total. The number of nitrogens with two attached hydrogens (primary N) is 1. The number of ether oxygens (including phenoxy) is 1. The summed E-state index contributed by atoms with van der Waals surface area (Å²) < 4.78 is 5.20. The SMILES string of the molecule is CCCOCC(=O)CCC(C)(C)CCN. The smallest absolute Gasteiger partial charge is 0.158 e. The van der Waals surface area contributed by atoms with Crippen molar-refractivity contribution in [2.75, 3.05) is 19.8 Å². The van der Waals surface area contributed by atoms with E-state index in [1.165, 1.54) is 0 Å². The Hall–Kier alpha value is -0.410. The van der Waals surface area contributed by atoms with Crippen LogP contribution in [0.3, 0.4) is 0 Å². The van der Waals surface area contributed by atoms with Gasteiger partial charge < -0.3 is 10.5 Å². The van der Waals surface area contributed by atoms with E-state index >= 15 is 0 Å². The largest absolute Gasteiger partial charge is 0.374 e. The summed E-state index contributed by atoms with van der Waals surface area (Å²) in [4.78, 5) is 11.4. The van der Waals surface area contributed by atoms with Gasteiger partial charge in [0.2, 0.25) is 0 Å². The van der Waals surface area contributed by atoms with Crippen molar-refractivity contribution >= 4 is 5.78 Å². The predicted octanol–water partition coefficient (Wildman–Crippen LogP) is 2.14. The molecule has 0 atom stereocenters. The highest BCUT2D eigenvalue weighted by Gasteiger charge is 2.18. The number of carbonyl (C=O) groups is 1. The van der Waals surface area contributed by atoms with Gasteiger partial charge >= 0.3 is 0 Å². The first kappa shape index (κ1) is 14.6. The Labute approximate surface area is 93.4 Å². The maximum atomic E-state index is 11.4. The van der Waals surface area contributed by atoms with Crippen molar-refractivity contribution in [3.05, 3.63) is 0 Å². The van der Waals surface area contributed by atoms with Crippen LogP contribution in [0.2, 0.25) is 0 Å². The molecule has 0 radical (unpaired) electrons. The third-order valence-corrected chi connectivity index (χ3v) is 2.51. The van der Waals surface area contributed by atoms with Gasteiger partial charge in [-0.25, -0.2) is 0 Å². The van der Waals surface area contributed by atoms with Crippen LogP contribution in [0.5, 0.6) is 0 Å². The van der Waals surface area contributed by atoms with Gasteiger partial charge in [-0.3, -0.25) is 4.79 Å². The highest BCUT2D eigenvalue weighted by molar-refractivity contribution is 5.79. The highest BCUT2D eigenvalue weighted by Crippen LogP contribution is 2.25. The Bertz CT molecular complexity index is 178. The number of rotatable bonds is 9. The van der Waals surface area contributed by atoms with Gasteiger partial charge in [-0.15, -0.1) is 0 Å². The van der Waals surface area contributed by atoms with Gasteiger partial charge in [0.25, 0.3) is 0 Å². The van der Waals surface area contributed by atoms with Crippen LogP contribution in [0.15, 0.2) is 0 Å². The van der Waals surface area contributed by atoms with Crippen molar-refractivity contribution in [3.63, 3.8) is 0 Å². The third-order valence-electron chi connectivity index (χ3n) is 2.51. The van der Waals surface area contributed by atoms with E-state index in [1.54, 1.807) is 0 Å². The normalized spacial score (nSPS) is 11.7. The van der Waals surface area contributed by atoms with Crippen LogP contribution in [-0.2, 0) is 9.53 Å². The lowest BCUT2D eigenvalue weighted by Gasteiger charge is -2.23. The van der Waals surface area contributed by atoms with E-state index in [1.807, 2.05) is 6.92 Å². The molecule has 0 aliphatic heterocycles. The van der Waals surface area contributed by atoms with E-state index in [2.05, 4.69) is 13.8 Å². The van der Waals surface area contributed by atoms with Crippen molar-refractivity contribution in [2.45, 2.75) is 46.5 Å². The molecule has 0 spiro atoms. The molecule has 0 amide bonds. The van der Waals surface area contributed by atoms with Crippen LogP contribution in [0.4, 0.5) is 0 Å². The molecule has 0 saturated heterocycles. The van der Waals surface area contributed by atoms with Crippen molar-refractivity contribution in [3.8, 4) is 0 Å². The van der Waals surface area contributed by atoms with Crippen LogP contribution in [-0.4, -0.2) is 25.5 Å². The number of hydrogen-bond donors (Lipinski definition) is 1. The summed E-state index contributed by atoms with van der Waals surface area (Å²) in [5.41, 5.74) is 5.69. The Morgan fingerprint density at radius 1 is 1.33 bits per heavy atom. The predicted molar refractivity (Wildman–Crippen MR) is 62.8 cm³/mol. The molecule has 0 aliphatic rings. The summed E-state index contributed by atoms with van der Waals surface area (Å²) in [5, 5.41) is 0. The van der Waals surface area contributed by atoms with E-state index in [-0.39, 0.29) is 17.8 Å². The lowest BCUT2D eigenvalue weighted by Crippen LogP contribution is -2.19. The minimum Gasteiger partial charge on any atom is -0.374 e. The fourth-order valence-corrected chi connectivity index (χ4v) is 1.40. The van der Waals surface area contributed by atoms with Crippen molar-refractivity contribution in [2.24, 2.45) is 11.1 Å². The van der Waals surface area contributed by atoms with E-state index in [9.17, 15) is 4.79 Å². The quantitative estimate of drug-likeness (QED) is 0.599. The minimum absolute atomic E-state index is 0.176. The van der Waals surface area contributed by atoms with Gasteiger partial charge in [-0.2, -0.15) is 0 Å². The van der Waals surface area contributed by atoms with Gasteiger partial charge in [0.15, 0.2) is 5.78 Å². The maximum absolute atomic E-state index is 11.4. The first-order valence-corrected chi connectivity index (χ1v) is 5.81. The third kappa shape index (κ3) is 8.58. The second-order valence-corrected chi connectivity index (χ2v) is 4.79. The van der Waals surface area contributed by atoms with Crippen LogP contribution >= 0.6 is 0 Å². The fourth-order valence-electron chi connectivity index (χ4n) is 1.40. The van der Waals surface area contributed by atoms with E-state index in [0.717, 1.165) is 19.3 Å². The summed E-state index contributed by atoms with van der Waals surface area (Å²) >= 11 is 0. The molecule has 0 unspecified atom stereocenters. The Kier molecular flexibility index (Phi) is 7.61. The number of hydrogen-bond acceptors (Lipinski definition) is 3. The summed E-state index contributed by atoms with van der Waals surface area (Å²) in [6.07, 6.45) is 3.44. The van der Waals surface area contributed by atoms with Gasteiger partial charge in [0, 0.05) is 13.0 Å². The van der Waals surface area contributed by atoms with Crippen LogP contribution in [0, 0.1) is 5.41 Å². The van der Waals surface area contributed by atoms with Crippen LogP contribution in [0.25, 0.3) is 0 Å². The van der Waals surface area contributed by atoms with E-state index in [4.69, 9.17) is 10.5 Å². The minimum atomic E-state index is 0.176. The number of ketones is 1. The summed E-state index contributed by atoms with van der Waals surface area (Å²) in [6, 6.07) is 0. The molecular formula is C12H25NO2. The molecule has 0 saturated carbocycles. The molecule has 0 fully saturated rings. The first-order valence-electron chi connectivity index (χ1n) is 5.81. The molecule has 3 nitrogen and oxygen atoms in total. The molecule has 0 aromatic rings. The summed E-state index contributed by atoms with van der Waals surface area (Å²) in [7, 11) is 0. The second-order valence-electron chi connectivity index (χ2n) is 4.79. The Morgan fingerprint density at radius 3 is 2.53 bits per heavy atom. The van der Waals surface area contributed by atoms with E-state index in [0.29, 0.717) is 19.6 Å². The molecular weight excluding hydrogens is 190 g/mol. The molecule has 3 heteroatoms. The fraction of sp³-hybridized carbons (Fsp3) is 0.917. The van der Waals surface area contributed by atoms with Crippen molar-refractivity contribution in [1.29, 1.82) is 0 Å². The molecule has 0 aliphatic carbocycles. The zero-order chi connectivity index (χ0) is 11.7. The lowest BCUT2D eigenvalue weighted by atomic mass is 9.84. The monoisotopic (exact) mass is 215 g/mol. The Morgan fingerprint density at radius 2 is 2.00 bits per heavy atom. The molecule has 0 heterocycles. The van der Waals surface area contributed by atoms with Gasteiger partial charge in [0.1, 0.15) is 6.61 Å². The summed E-state index contributed by atoms with van der Waals surface area (Å²) in [6.45, 7) is 7.98. The average molecular weight is 215 g/mol. The number of Topliss-reactive ketones (excluding diaryl/α,β-unsaturated/α-hetero) is 1. The highest BCUT2D eigenvalue weighted by atomic mass is 16.5. The molecule has 0 aromatic carbocycles. The van der Waals surface area contributed by atoms with Crippen LogP contribution < -0.4 is 5.73 Å². The molecule has 0 rings (SSSR count). The average Bonchev–Trinajstić information content (AvgIpc) is 2.15. The zero-order valence-electron chi connectivity index (χ0n) is 10.3. The summed E-state index contributed by atoms with van der Waals surface area (Å²) in [5.74, 6) is 0.202. The zero-order valence-corrected chi connectivity index (χ0v) is 10.3. The van der Waals surface area contributed by atoms with Gasteiger partial charge in [-0.1, -0.05) is 20.8 Å². The lowest BCUT2D eigenvalue weighted by molar-refractivity contribution is -0.124. The standard InChI is InChI=1S/C12H25NO2/c1-4-9-15-10-11(14)5-6-12(2,3)7-8-13/h4-10,13H2,1-3H3.